The van der Waals surface area contributed by atoms with Gasteiger partial charge in [-0.1, -0.05) is 0 Å². The summed E-state index contributed by atoms with van der Waals surface area (Å²) < 4.78 is 1.71. The molecule has 9 nitrogen and oxygen atoms in total. The van der Waals surface area contributed by atoms with Crippen molar-refractivity contribution in [1.82, 2.24) is 9.47 Å². The number of nitrogens with one attached hydrogen (secondary N) is 2. The van der Waals surface area contributed by atoms with E-state index >= 15 is 0 Å². The first-order valence-electron chi connectivity index (χ1n) is 12.0. The summed E-state index contributed by atoms with van der Waals surface area (Å²) in [4.78, 5) is 52.1. The largest absolute Gasteiger partial charge is 0.324 e. The maximum Gasteiger partial charge on any atom is 0.321 e. The van der Waals surface area contributed by atoms with Crippen molar-refractivity contribution in [3.63, 3.8) is 0 Å². The Morgan fingerprint density at radius 2 is 1.59 bits per heavy atom. The lowest BCUT2D eigenvalue weighted by Gasteiger charge is -2.42. The maximum atomic E-state index is 13.2. The molecule has 2 aliphatic rings. The van der Waals surface area contributed by atoms with E-state index in [4.69, 9.17) is 5.26 Å². The van der Waals surface area contributed by atoms with Crippen LogP contribution in [-0.2, 0) is 6.54 Å². The highest BCUT2D eigenvalue weighted by Crippen LogP contribution is 2.35. The van der Waals surface area contributed by atoms with Crippen LogP contribution in [0, 0.1) is 17.2 Å². The van der Waals surface area contributed by atoms with Crippen molar-refractivity contribution in [2.24, 2.45) is 5.92 Å². The summed E-state index contributed by atoms with van der Waals surface area (Å²) in [6, 6.07) is 18.2. The second-order valence-electron chi connectivity index (χ2n) is 9.50. The number of piperidine rings is 1. The number of anilines is 2. The van der Waals surface area contributed by atoms with Gasteiger partial charge < -0.3 is 20.1 Å². The summed E-state index contributed by atoms with van der Waals surface area (Å²) in [6.45, 7) is 2.95. The lowest BCUT2D eigenvalue weighted by Crippen LogP contribution is -2.50. The summed E-state index contributed by atoms with van der Waals surface area (Å²) in [6.07, 6.45) is 0.882. The zero-order chi connectivity index (χ0) is 26.1. The third-order valence-electron chi connectivity index (χ3n) is 6.96. The maximum absolute atomic E-state index is 13.2. The Hall–Kier alpha value is -4.71. The molecule has 1 fully saturated rings. The number of rotatable bonds is 4. The van der Waals surface area contributed by atoms with Gasteiger partial charge in [0.15, 0.2) is 5.78 Å². The van der Waals surface area contributed by atoms with E-state index in [1.165, 1.54) is 6.92 Å². The van der Waals surface area contributed by atoms with Crippen LogP contribution in [0.4, 0.5) is 16.2 Å². The van der Waals surface area contributed by atoms with Gasteiger partial charge in [-0.2, -0.15) is 5.26 Å². The first-order valence-corrected chi connectivity index (χ1v) is 12.0. The van der Waals surface area contributed by atoms with Crippen molar-refractivity contribution < 1.29 is 14.4 Å². The van der Waals surface area contributed by atoms with E-state index < -0.39 is 5.91 Å². The van der Waals surface area contributed by atoms with Crippen LogP contribution >= 0.6 is 0 Å². The fourth-order valence-electron chi connectivity index (χ4n) is 5.09. The van der Waals surface area contributed by atoms with Crippen LogP contribution in [-0.4, -0.2) is 40.3 Å². The third-order valence-corrected chi connectivity index (χ3v) is 6.96. The molecule has 2 N–H and O–H groups in total. The Balaban J connectivity index is 1.29. The van der Waals surface area contributed by atoms with E-state index in [-0.39, 0.29) is 34.9 Å². The molecule has 0 aliphatic carbocycles. The predicted molar refractivity (Wildman–Crippen MR) is 138 cm³/mol. The normalized spacial score (nSPS) is 17.8. The fraction of sp³-hybridized carbons (Fsp3) is 0.250. The lowest BCUT2D eigenvalue weighted by molar-refractivity contribution is 0.101. The number of likely N-dealkylation sites (tertiary alicyclic amines) is 1. The summed E-state index contributed by atoms with van der Waals surface area (Å²) in [7, 11) is 0. The second-order valence-corrected chi connectivity index (χ2v) is 9.50. The molecule has 186 valence electrons. The van der Waals surface area contributed by atoms with E-state index in [0.29, 0.717) is 42.0 Å². The fourth-order valence-corrected chi connectivity index (χ4v) is 5.09. The molecule has 0 spiro atoms. The van der Waals surface area contributed by atoms with E-state index in [1.807, 2.05) is 12.1 Å². The summed E-state index contributed by atoms with van der Waals surface area (Å²) in [5.41, 5.74) is 2.78. The molecular formula is C28H25N5O4. The van der Waals surface area contributed by atoms with Crippen molar-refractivity contribution in [3.05, 3.63) is 93.4 Å². The third kappa shape index (κ3) is 4.86. The molecule has 2 bridgehead atoms. The number of carbonyl (C=O) groups is 3. The van der Waals surface area contributed by atoms with Gasteiger partial charge in [0.25, 0.3) is 11.5 Å². The van der Waals surface area contributed by atoms with Gasteiger partial charge in [-0.15, -0.1) is 0 Å². The minimum Gasteiger partial charge on any atom is -0.324 e. The molecule has 0 saturated carbocycles. The highest BCUT2D eigenvalue weighted by molar-refractivity contribution is 6.04. The number of hydrogen-bond acceptors (Lipinski definition) is 5. The number of aromatic nitrogens is 1. The molecule has 3 aromatic rings. The number of ketones is 1. The number of carbonyl (C=O) groups excluding carboxylic acids is 3. The summed E-state index contributed by atoms with van der Waals surface area (Å²) in [5, 5.41) is 14.5. The molecule has 3 amide bonds. The number of nitriles is 1. The van der Waals surface area contributed by atoms with E-state index in [0.717, 1.165) is 12.1 Å². The molecule has 5 rings (SSSR count). The average Bonchev–Trinajstić information content (AvgIpc) is 2.90. The number of urea groups is 1. The Labute approximate surface area is 213 Å². The van der Waals surface area contributed by atoms with Gasteiger partial charge in [-0.05, 0) is 79.9 Å². The van der Waals surface area contributed by atoms with Crippen molar-refractivity contribution >= 4 is 29.1 Å². The number of fused-ring (bicyclic) bond motifs is 4. The van der Waals surface area contributed by atoms with Gasteiger partial charge >= 0.3 is 6.03 Å². The van der Waals surface area contributed by atoms with Crippen LogP contribution in [0.5, 0.6) is 0 Å². The smallest absolute Gasteiger partial charge is 0.321 e. The number of nitrogens with zero attached hydrogens (tertiary/aromatic N) is 3. The molecule has 2 aromatic carbocycles. The van der Waals surface area contributed by atoms with Gasteiger partial charge in [-0.3, -0.25) is 14.4 Å². The zero-order valence-electron chi connectivity index (χ0n) is 20.2. The quantitative estimate of drug-likeness (QED) is 0.533. The van der Waals surface area contributed by atoms with Crippen molar-refractivity contribution in [3.8, 4) is 6.07 Å². The number of Topliss-reactive ketones (excluding diaryl/α,β-unsaturated/α-hetero) is 1. The SMILES string of the molecule is CC(=O)c1ccc(NC(=O)N2C[C@H]3C[C@H](C2)c2ccc(NC(=O)c4ccc(C#N)cc4)c(=O)n2C3)cc1. The van der Waals surface area contributed by atoms with E-state index in [9.17, 15) is 19.2 Å². The van der Waals surface area contributed by atoms with Gasteiger partial charge in [0, 0.05) is 48.1 Å². The summed E-state index contributed by atoms with van der Waals surface area (Å²) in [5.74, 6) is -0.335. The highest BCUT2D eigenvalue weighted by Gasteiger charge is 2.36. The number of pyridine rings is 1. The molecule has 9 heteroatoms. The molecular weight excluding hydrogens is 470 g/mol. The van der Waals surface area contributed by atoms with Crippen molar-refractivity contribution in [2.75, 3.05) is 23.7 Å². The molecule has 37 heavy (non-hydrogen) atoms. The van der Waals surface area contributed by atoms with Gasteiger partial charge in [-0.25, -0.2) is 4.79 Å². The summed E-state index contributed by atoms with van der Waals surface area (Å²) >= 11 is 0. The predicted octanol–water partition coefficient (Wildman–Crippen LogP) is 3.83. The second kappa shape index (κ2) is 9.74. The Kier molecular flexibility index (Phi) is 6.32. The Bertz CT molecular complexity index is 1480. The van der Waals surface area contributed by atoms with Crippen LogP contribution in [0.15, 0.2) is 65.5 Å². The van der Waals surface area contributed by atoms with E-state index in [2.05, 4.69) is 10.6 Å². The van der Waals surface area contributed by atoms with Crippen LogP contribution in [0.3, 0.4) is 0 Å². The van der Waals surface area contributed by atoms with Gasteiger partial charge in [0.05, 0.1) is 11.6 Å². The average molecular weight is 496 g/mol. The number of hydrogen-bond donors (Lipinski definition) is 2. The van der Waals surface area contributed by atoms with Crippen LogP contribution < -0.4 is 16.2 Å². The minimum absolute atomic E-state index is 0.00863. The van der Waals surface area contributed by atoms with Crippen molar-refractivity contribution in [2.45, 2.75) is 25.8 Å². The number of amides is 3. The molecule has 1 saturated heterocycles. The van der Waals surface area contributed by atoms with E-state index in [1.54, 1.807) is 64.1 Å². The molecule has 2 aliphatic heterocycles. The topological polar surface area (TPSA) is 124 Å². The highest BCUT2D eigenvalue weighted by atomic mass is 16.2. The molecule has 0 radical (unpaired) electrons. The van der Waals surface area contributed by atoms with Crippen molar-refractivity contribution in [1.29, 1.82) is 5.26 Å². The molecule has 3 heterocycles. The Morgan fingerprint density at radius 3 is 2.27 bits per heavy atom. The van der Waals surface area contributed by atoms with Gasteiger partial charge in [0.1, 0.15) is 5.69 Å². The zero-order valence-corrected chi connectivity index (χ0v) is 20.2. The van der Waals surface area contributed by atoms with Crippen LogP contribution in [0.25, 0.3) is 0 Å². The minimum atomic E-state index is -0.419. The van der Waals surface area contributed by atoms with Crippen LogP contribution in [0.1, 0.15) is 51.2 Å². The first kappa shape index (κ1) is 24.0. The Morgan fingerprint density at radius 1 is 0.892 bits per heavy atom. The molecule has 2 atom stereocenters. The van der Waals surface area contributed by atoms with Gasteiger partial charge in [0.2, 0.25) is 0 Å². The standard InChI is InChI=1S/C28H25N5O4/c1-17(34)20-6-8-23(9-7-20)30-28(37)32-14-19-12-22(16-32)25-11-10-24(27(36)33(25)15-19)31-26(35)21-4-2-18(13-29)3-5-21/h2-11,19,22H,12,14-16H2,1H3,(H,30,37)(H,31,35)/t19-,22-/m1/s1. The first-order chi connectivity index (χ1) is 17.8. The lowest BCUT2D eigenvalue weighted by atomic mass is 9.83. The molecule has 0 unspecified atom stereocenters. The molecule has 1 aromatic heterocycles. The monoisotopic (exact) mass is 495 g/mol. The number of benzene rings is 2. The van der Waals surface area contributed by atoms with Crippen LogP contribution in [0.2, 0.25) is 0 Å².